The van der Waals surface area contributed by atoms with Crippen molar-refractivity contribution in [3.05, 3.63) is 84.4 Å². The highest BCUT2D eigenvalue weighted by molar-refractivity contribution is 5.60. The molecular formula is C28H32N10. The minimum absolute atomic E-state index is 0.546. The number of aromatic nitrogens is 5. The predicted octanol–water partition coefficient (Wildman–Crippen LogP) is 2.73. The Balaban J connectivity index is 1.03. The van der Waals surface area contributed by atoms with Gasteiger partial charge in [-0.2, -0.15) is 4.98 Å². The molecular weight excluding hydrogens is 476 g/mol. The summed E-state index contributed by atoms with van der Waals surface area (Å²) in [6.45, 7) is 7.30. The fourth-order valence-corrected chi connectivity index (χ4v) is 4.85. The standard InChI is InChI=1S/C28H32N10/c1-2-4-22(5-3-1)18-23-19-30-27(31-20-23)37-14-16-38(17-15-37)28-33-21-32-26(35-28)34-24-6-8-25(9-7-24)36-12-10-29-11-13-36/h1-9,19-21,29H,10-18H2,(H,32,33,34,35). The summed E-state index contributed by atoms with van der Waals surface area (Å²) in [5.41, 5.74) is 4.57. The maximum absolute atomic E-state index is 4.68. The van der Waals surface area contributed by atoms with Crippen molar-refractivity contribution >= 4 is 29.2 Å². The number of piperazine rings is 2. The maximum atomic E-state index is 4.68. The Kier molecular flexibility index (Phi) is 7.21. The van der Waals surface area contributed by atoms with Crippen LogP contribution in [-0.4, -0.2) is 77.3 Å². The molecule has 0 aliphatic carbocycles. The van der Waals surface area contributed by atoms with Crippen LogP contribution in [0.4, 0.5) is 29.2 Å². The highest BCUT2D eigenvalue weighted by Gasteiger charge is 2.21. The Bertz CT molecular complexity index is 1300. The molecule has 38 heavy (non-hydrogen) atoms. The SMILES string of the molecule is c1ccc(Cc2cnc(N3CCN(c4ncnc(Nc5ccc(N6CCNCC6)cc5)n4)CC3)nc2)cc1. The van der Waals surface area contributed by atoms with Crippen LogP contribution in [0.15, 0.2) is 73.3 Å². The van der Waals surface area contributed by atoms with Crippen molar-refractivity contribution in [2.45, 2.75) is 6.42 Å². The first-order valence-electron chi connectivity index (χ1n) is 13.2. The Morgan fingerprint density at radius 3 is 2.05 bits per heavy atom. The smallest absolute Gasteiger partial charge is 0.231 e. The Morgan fingerprint density at radius 1 is 0.658 bits per heavy atom. The quantitative estimate of drug-likeness (QED) is 0.388. The van der Waals surface area contributed by atoms with E-state index in [1.807, 2.05) is 18.5 Å². The number of hydrogen-bond donors (Lipinski definition) is 2. The van der Waals surface area contributed by atoms with Gasteiger partial charge < -0.3 is 25.3 Å². The fourth-order valence-electron chi connectivity index (χ4n) is 4.85. The molecule has 194 valence electrons. The third-order valence-corrected chi connectivity index (χ3v) is 6.95. The van der Waals surface area contributed by atoms with Crippen LogP contribution in [0, 0.1) is 0 Å². The van der Waals surface area contributed by atoms with Crippen molar-refractivity contribution in [3.8, 4) is 0 Å². The van der Waals surface area contributed by atoms with E-state index in [4.69, 9.17) is 0 Å². The van der Waals surface area contributed by atoms with E-state index in [-0.39, 0.29) is 0 Å². The molecule has 6 rings (SSSR count). The van der Waals surface area contributed by atoms with Crippen molar-refractivity contribution in [1.82, 2.24) is 30.2 Å². The molecule has 4 aromatic rings. The number of hydrogen-bond acceptors (Lipinski definition) is 10. The maximum Gasteiger partial charge on any atom is 0.231 e. The monoisotopic (exact) mass is 508 g/mol. The molecule has 0 radical (unpaired) electrons. The van der Waals surface area contributed by atoms with Gasteiger partial charge in [0.25, 0.3) is 0 Å². The number of nitrogens with one attached hydrogen (secondary N) is 2. The zero-order valence-electron chi connectivity index (χ0n) is 21.4. The van der Waals surface area contributed by atoms with E-state index in [2.05, 4.69) is 98.8 Å². The van der Waals surface area contributed by atoms with Gasteiger partial charge in [0.2, 0.25) is 17.8 Å². The van der Waals surface area contributed by atoms with Crippen LogP contribution in [0.3, 0.4) is 0 Å². The lowest BCUT2D eigenvalue weighted by Crippen LogP contribution is -2.47. The molecule has 0 atom stereocenters. The second kappa shape index (κ2) is 11.4. The normalized spacial score (nSPS) is 15.9. The summed E-state index contributed by atoms with van der Waals surface area (Å²) in [6.07, 6.45) is 6.27. The van der Waals surface area contributed by atoms with Crippen molar-refractivity contribution in [1.29, 1.82) is 0 Å². The number of anilines is 5. The summed E-state index contributed by atoms with van der Waals surface area (Å²) in [4.78, 5) is 29.5. The molecule has 0 amide bonds. The molecule has 2 aromatic carbocycles. The summed E-state index contributed by atoms with van der Waals surface area (Å²) in [6, 6.07) is 18.8. The largest absolute Gasteiger partial charge is 0.369 e. The topological polar surface area (TPSA) is 98.2 Å². The lowest BCUT2D eigenvalue weighted by Gasteiger charge is -2.34. The zero-order chi connectivity index (χ0) is 25.6. The van der Waals surface area contributed by atoms with Gasteiger partial charge in [0.15, 0.2) is 0 Å². The van der Waals surface area contributed by atoms with Crippen LogP contribution in [0.5, 0.6) is 0 Å². The molecule has 2 aliphatic heterocycles. The van der Waals surface area contributed by atoms with Gasteiger partial charge in [-0.15, -0.1) is 0 Å². The Labute approximate surface area is 222 Å². The van der Waals surface area contributed by atoms with Gasteiger partial charge >= 0.3 is 0 Å². The van der Waals surface area contributed by atoms with Crippen molar-refractivity contribution in [3.63, 3.8) is 0 Å². The molecule has 2 N–H and O–H groups in total. The van der Waals surface area contributed by atoms with Gasteiger partial charge in [0.1, 0.15) is 6.33 Å². The predicted molar refractivity (Wildman–Crippen MR) is 150 cm³/mol. The first-order chi connectivity index (χ1) is 18.8. The minimum atomic E-state index is 0.546. The summed E-state index contributed by atoms with van der Waals surface area (Å²) >= 11 is 0. The summed E-state index contributed by atoms with van der Waals surface area (Å²) in [7, 11) is 0. The summed E-state index contributed by atoms with van der Waals surface area (Å²) in [5.74, 6) is 1.99. The Morgan fingerprint density at radius 2 is 1.34 bits per heavy atom. The van der Waals surface area contributed by atoms with Crippen LogP contribution in [0.1, 0.15) is 11.1 Å². The molecule has 0 saturated carbocycles. The van der Waals surface area contributed by atoms with Crippen molar-refractivity contribution in [2.75, 3.05) is 72.4 Å². The Hall–Kier alpha value is -4.31. The van der Waals surface area contributed by atoms with Crippen LogP contribution in [0.2, 0.25) is 0 Å². The molecule has 4 heterocycles. The van der Waals surface area contributed by atoms with Crippen molar-refractivity contribution in [2.24, 2.45) is 0 Å². The van der Waals surface area contributed by atoms with Crippen LogP contribution in [-0.2, 0) is 6.42 Å². The molecule has 2 aromatic heterocycles. The second-order valence-electron chi connectivity index (χ2n) is 9.55. The van der Waals surface area contributed by atoms with E-state index in [9.17, 15) is 0 Å². The van der Waals surface area contributed by atoms with E-state index in [1.54, 1.807) is 6.33 Å². The first kappa shape index (κ1) is 24.1. The van der Waals surface area contributed by atoms with E-state index >= 15 is 0 Å². The van der Waals surface area contributed by atoms with Crippen molar-refractivity contribution < 1.29 is 0 Å². The third-order valence-electron chi connectivity index (χ3n) is 6.95. The molecule has 10 nitrogen and oxygen atoms in total. The second-order valence-corrected chi connectivity index (χ2v) is 9.55. The number of benzene rings is 2. The molecule has 0 spiro atoms. The average Bonchev–Trinajstić information content (AvgIpc) is 2.99. The first-order valence-corrected chi connectivity index (χ1v) is 13.2. The lowest BCUT2D eigenvalue weighted by atomic mass is 10.1. The highest BCUT2D eigenvalue weighted by atomic mass is 15.4. The molecule has 0 bridgehead atoms. The number of rotatable bonds is 7. The van der Waals surface area contributed by atoms with E-state index in [0.29, 0.717) is 11.9 Å². The highest BCUT2D eigenvalue weighted by Crippen LogP contribution is 2.21. The lowest BCUT2D eigenvalue weighted by molar-refractivity contribution is 0.589. The fraction of sp³-hybridized carbons (Fsp3) is 0.321. The van der Waals surface area contributed by atoms with Gasteiger partial charge in [-0.25, -0.2) is 19.9 Å². The summed E-state index contributed by atoms with van der Waals surface area (Å²) in [5, 5.41) is 6.71. The number of nitrogens with zero attached hydrogens (tertiary/aromatic N) is 8. The molecule has 2 aliphatic rings. The van der Waals surface area contributed by atoms with Gasteiger partial charge in [-0.3, -0.25) is 0 Å². The third kappa shape index (κ3) is 5.81. The molecule has 0 unspecified atom stereocenters. The zero-order valence-corrected chi connectivity index (χ0v) is 21.4. The molecule has 2 saturated heterocycles. The van der Waals surface area contributed by atoms with E-state index < -0.39 is 0 Å². The van der Waals surface area contributed by atoms with Crippen LogP contribution in [0.25, 0.3) is 0 Å². The molecule has 10 heteroatoms. The minimum Gasteiger partial charge on any atom is -0.369 e. The van der Waals surface area contributed by atoms with E-state index in [1.165, 1.54) is 11.3 Å². The van der Waals surface area contributed by atoms with E-state index in [0.717, 1.165) is 76.0 Å². The van der Waals surface area contributed by atoms with Crippen LogP contribution < -0.4 is 25.3 Å². The van der Waals surface area contributed by atoms with Crippen LogP contribution >= 0.6 is 0 Å². The average molecular weight is 509 g/mol. The molecule has 2 fully saturated rings. The van der Waals surface area contributed by atoms with Gasteiger partial charge in [0, 0.05) is 82.5 Å². The van der Waals surface area contributed by atoms with Gasteiger partial charge in [0.05, 0.1) is 0 Å². The van der Waals surface area contributed by atoms with Gasteiger partial charge in [-0.05, 0) is 35.4 Å². The summed E-state index contributed by atoms with van der Waals surface area (Å²) < 4.78 is 0. The van der Waals surface area contributed by atoms with Gasteiger partial charge in [-0.1, -0.05) is 30.3 Å².